The van der Waals surface area contributed by atoms with Gasteiger partial charge in [-0.2, -0.15) is 0 Å². The van der Waals surface area contributed by atoms with Crippen molar-refractivity contribution in [1.82, 2.24) is 58.5 Å². The first-order valence-corrected chi connectivity index (χ1v) is 28.7. The zero-order chi connectivity index (χ0) is 65.8. The van der Waals surface area contributed by atoms with Gasteiger partial charge >= 0.3 is 5.97 Å². The second-order valence-electron chi connectivity index (χ2n) is 21.1. The maximum absolute atomic E-state index is 14.4. The molecule has 0 saturated carbocycles. The highest BCUT2D eigenvalue weighted by Gasteiger charge is 2.36. The molecule has 0 spiro atoms. The molecule has 0 fully saturated rings. The molecular weight excluding hydrogens is 1140 g/mol. The monoisotopic (exact) mass is 1230 g/mol. The number of carbonyl (C=O) groups excluding carboxylic acids is 11. The third-order valence-corrected chi connectivity index (χ3v) is 13.1. The Kier molecular flexibility index (Phi) is 36.3. The number of carbonyl (C=O) groups is 12. The van der Waals surface area contributed by atoms with Gasteiger partial charge in [0.25, 0.3) is 0 Å². The van der Waals surface area contributed by atoms with Crippen LogP contribution in [0.15, 0.2) is 40.3 Å². The van der Waals surface area contributed by atoms with Gasteiger partial charge in [0.05, 0.1) is 25.7 Å². The number of nitrogens with two attached hydrogens (primary N) is 6. The molecule has 33 heteroatoms. The van der Waals surface area contributed by atoms with Crippen LogP contribution in [0.4, 0.5) is 0 Å². The Labute approximate surface area is 505 Å². The molecule has 87 heavy (non-hydrogen) atoms. The van der Waals surface area contributed by atoms with Crippen molar-refractivity contribution >= 4 is 82.9 Å². The number of benzene rings is 1. The number of aliphatic imine (C=N–C) groups is 2. The van der Waals surface area contributed by atoms with E-state index in [1.807, 2.05) is 0 Å². The van der Waals surface area contributed by atoms with Crippen molar-refractivity contribution in [2.24, 2.45) is 56.2 Å². The molecule has 25 N–H and O–H groups in total. The molecule has 33 nitrogen and oxygen atoms in total. The lowest BCUT2D eigenvalue weighted by atomic mass is 9.97. The Morgan fingerprint density at radius 1 is 0.494 bits per heavy atom. The fourth-order valence-corrected chi connectivity index (χ4v) is 8.20. The molecule has 0 unspecified atom stereocenters. The third-order valence-electron chi connectivity index (χ3n) is 13.1. The minimum atomic E-state index is -1.75. The molecule has 0 saturated heterocycles. The summed E-state index contributed by atoms with van der Waals surface area (Å²) in [5, 5.41) is 46.9. The largest absolute Gasteiger partial charge is 0.480 e. The highest BCUT2D eigenvalue weighted by atomic mass is 16.4. The van der Waals surface area contributed by atoms with Crippen molar-refractivity contribution < 1.29 is 67.7 Å². The average molecular weight is 1230 g/mol. The first kappa shape index (κ1) is 76.3. The molecule has 1 aromatic rings. The zero-order valence-corrected chi connectivity index (χ0v) is 50.4. The van der Waals surface area contributed by atoms with Gasteiger partial charge in [-0.3, -0.25) is 67.5 Å². The van der Waals surface area contributed by atoms with Gasteiger partial charge in [-0.15, -0.1) is 0 Å². The number of amides is 11. The molecule has 488 valence electrons. The van der Waals surface area contributed by atoms with E-state index in [0.29, 0.717) is 24.8 Å². The van der Waals surface area contributed by atoms with Crippen LogP contribution in [0.3, 0.4) is 0 Å². The molecule has 1 aromatic carbocycles. The number of aliphatic hydroxyl groups is 1. The number of hydrogen-bond donors (Lipinski definition) is 19. The highest BCUT2D eigenvalue weighted by Crippen LogP contribution is 2.13. The Bertz CT molecular complexity index is 2490. The van der Waals surface area contributed by atoms with E-state index in [1.54, 1.807) is 58.0 Å². The number of nitrogens with one attached hydrogen (secondary N) is 11. The summed E-state index contributed by atoms with van der Waals surface area (Å²) >= 11 is 0. The SMILES string of the molecule is CC[C@H](C)[C@H](NC(=O)[C@H](CCCN=C(N)N)NC(=O)CN)C(=O)NCC(=O)N[C@@H](Cc1ccccc1)C(=O)N[C@@H](CC(C)C)C(=O)N[C@@H](CCCN=C(N)N)C(=O)N[C@H](C(=O)N[C@@H](C)C(=O)N[C@@H](CCCCN)C(=O)NCC(=O)NCC(=O)O)[C@@H](C)O. The van der Waals surface area contributed by atoms with E-state index in [9.17, 15) is 62.6 Å². The van der Waals surface area contributed by atoms with Crippen LogP contribution >= 0.6 is 0 Å². The molecule has 10 atom stereocenters. The Morgan fingerprint density at radius 3 is 1.51 bits per heavy atom. The van der Waals surface area contributed by atoms with Crippen molar-refractivity contribution in [3.05, 3.63) is 35.9 Å². The van der Waals surface area contributed by atoms with E-state index in [1.165, 1.54) is 13.8 Å². The minimum absolute atomic E-state index is 0.00591. The van der Waals surface area contributed by atoms with E-state index >= 15 is 0 Å². The fraction of sp³-hybridized carbons (Fsp3) is 0.630. The fourth-order valence-electron chi connectivity index (χ4n) is 8.20. The molecule has 0 heterocycles. The van der Waals surface area contributed by atoms with Crippen molar-refractivity contribution in [2.75, 3.05) is 45.8 Å². The van der Waals surface area contributed by atoms with Gasteiger partial charge in [0, 0.05) is 19.5 Å². The topological polar surface area (TPSA) is 558 Å². The van der Waals surface area contributed by atoms with Gasteiger partial charge < -0.3 is 103 Å². The number of rotatable bonds is 42. The average Bonchev–Trinajstić information content (AvgIpc) is 3.68. The third kappa shape index (κ3) is 31.8. The molecule has 1 rings (SSSR count). The number of nitrogens with zero attached hydrogens (tertiary/aromatic N) is 2. The predicted molar refractivity (Wildman–Crippen MR) is 320 cm³/mol. The number of carboxylic acids is 1. The van der Waals surface area contributed by atoms with Crippen LogP contribution in [0.5, 0.6) is 0 Å². The summed E-state index contributed by atoms with van der Waals surface area (Å²) in [5.41, 5.74) is 33.5. The normalized spacial score (nSPS) is 14.3. The standard InChI is InChI=1S/C54H93N19O14/c1-7-30(4)43(72-47(82)35(67-39(75)25-56)18-13-21-61-53(57)58)51(86)65-27-41(77)68-38(24-33-15-9-8-10-16-33)50(85)71-37(23-29(2)3)49(84)70-36(19-14-22-62-54(59)60)48(83)73-44(32(6)74)52(87)66-31(5)45(80)69-34(17-11-12-20-55)46(81)64-26-40(76)63-28-42(78)79/h8-10,15-16,29-32,34-38,43-44,74H,7,11-14,17-28,55-56H2,1-6H3,(H,63,76)(H,64,81)(H,65,86)(H,66,87)(H,67,75)(H,68,77)(H,69,80)(H,70,84)(H,71,85)(H,72,82)(H,73,83)(H,78,79)(H4,57,58,61)(H4,59,60,62)/t30-,31-,32+,34-,35-,36-,37-,38-,43-,44-/m0/s1. The lowest BCUT2D eigenvalue weighted by Gasteiger charge is -2.28. The highest BCUT2D eigenvalue weighted by molar-refractivity contribution is 5.98. The molecule has 0 aliphatic heterocycles. The molecule has 11 amide bonds. The maximum atomic E-state index is 14.4. The molecule has 0 aliphatic carbocycles. The lowest BCUT2D eigenvalue weighted by Crippen LogP contribution is -2.61. The molecule has 0 bridgehead atoms. The summed E-state index contributed by atoms with van der Waals surface area (Å²) in [5.74, 6) is -11.7. The van der Waals surface area contributed by atoms with E-state index in [4.69, 9.17) is 39.5 Å². The van der Waals surface area contributed by atoms with E-state index in [2.05, 4.69) is 68.5 Å². The quantitative estimate of drug-likeness (QED) is 0.0164. The van der Waals surface area contributed by atoms with Gasteiger partial charge in [-0.1, -0.05) is 64.4 Å². The first-order valence-electron chi connectivity index (χ1n) is 28.7. The summed E-state index contributed by atoms with van der Waals surface area (Å²) in [6.07, 6.45) is -0.157. The lowest BCUT2D eigenvalue weighted by molar-refractivity contribution is -0.138. The van der Waals surface area contributed by atoms with E-state index < -0.39 is 157 Å². The number of hydrogen-bond acceptors (Lipinski definition) is 17. The maximum Gasteiger partial charge on any atom is 0.322 e. The van der Waals surface area contributed by atoms with Gasteiger partial charge in [0.1, 0.15) is 54.9 Å². The van der Waals surface area contributed by atoms with E-state index in [0.717, 1.165) is 0 Å². The number of guanidine groups is 2. The van der Waals surface area contributed by atoms with Gasteiger partial charge in [0.2, 0.25) is 65.0 Å². The predicted octanol–water partition coefficient (Wildman–Crippen LogP) is -6.77. The molecule has 0 aliphatic rings. The van der Waals surface area contributed by atoms with Crippen LogP contribution in [0, 0.1) is 11.8 Å². The zero-order valence-electron chi connectivity index (χ0n) is 50.4. The molecular formula is C54H93N19O14. The van der Waals surface area contributed by atoms with Crippen LogP contribution in [0.1, 0.15) is 105 Å². The number of carboxylic acid groups (broad SMARTS) is 1. The summed E-state index contributed by atoms with van der Waals surface area (Å²) in [7, 11) is 0. The summed E-state index contributed by atoms with van der Waals surface area (Å²) in [6, 6.07) is -2.38. The van der Waals surface area contributed by atoms with Crippen LogP contribution in [-0.4, -0.2) is 193 Å². The number of aliphatic carboxylic acids is 1. The van der Waals surface area contributed by atoms with Crippen molar-refractivity contribution in [1.29, 1.82) is 0 Å². The Hall–Kier alpha value is -8.72. The van der Waals surface area contributed by atoms with Crippen LogP contribution < -0.4 is 92.9 Å². The second-order valence-corrected chi connectivity index (χ2v) is 21.1. The summed E-state index contributed by atoms with van der Waals surface area (Å²) < 4.78 is 0. The van der Waals surface area contributed by atoms with Crippen LogP contribution in [0.2, 0.25) is 0 Å². The van der Waals surface area contributed by atoms with Crippen molar-refractivity contribution in [2.45, 2.75) is 160 Å². The number of aliphatic hydroxyl groups excluding tert-OH is 1. The Morgan fingerprint density at radius 2 is 0.977 bits per heavy atom. The van der Waals surface area contributed by atoms with Gasteiger partial charge in [-0.25, -0.2) is 0 Å². The van der Waals surface area contributed by atoms with Gasteiger partial charge in [0.15, 0.2) is 11.9 Å². The number of unbranched alkanes of at least 4 members (excludes halogenated alkanes) is 1. The van der Waals surface area contributed by atoms with Gasteiger partial charge in [-0.05, 0) is 89.2 Å². The second kappa shape index (κ2) is 41.4. The molecule has 0 aromatic heterocycles. The van der Waals surface area contributed by atoms with E-state index in [-0.39, 0.29) is 82.4 Å². The van der Waals surface area contributed by atoms with Crippen LogP contribution in [0.25, 0.3) is 0 Å². The van der Waals surface area contributed by atoms with Crippen molar-refractivity contribution in [3.8, 4) is 0 Å². The first-order chi connectivity index (χ1) is 41.0. The minimum Gasteiger partial charge on any atom is -0.480 e. The van der Waals surface area contributed by atoms with Crippen LogP contribution in [-0.2, 0) is 64.0 Å². The summed E-state index contributed by atoms with van der Waals surface area (Å²) in [4.78, 5) is 167. The molecule has 0 radical (unpaired) electrons. The smallest absolute Gasteiger partial charge is 0.322 e. The Balaban J connectivity index is 3.43. The van der Waals surface area contributed by atoms with Crippen molar-refractivity contribution in [3.63, 3.8) is 0 Å². The summed E-state index contributed by atoms with van der Waals surface area (Å²) in [6.45, 7) is 7.42.